The Morgan fingerprint density at radius 3 is 2.61 bits per heavy atom. The lowest BCUT2D eigenvalue weighted by atomic mass is 10.1. The Bertz CT molecular complexity index is 1260. The summed E-state index contributed by atoms with van der Waals surface area (Å²) >= 11 is 1.59. The molecule has 0 atom stereocenters. The lowest BCUT2D eigenvalue weighted by Crippen LogP contribution is -2.39. The summed E-state index contributed by atoms with van der Waals surface area (Å²) in [6, 6.07) is 9.72. The number of amides is 1. The van der Waals surface area contributed by atoms with Crippen LogP contribution in [0.2, 0.25) is 0 Å². The predicted molar refractivity (Wildman–Crippen MR) is 132 cm³/mol. The van der Waals surface area contributed by atoms with Crippen LogP contribution in [0.4, 0.5) is 5.13 Å². The number of carbonyl (C=O) groups is 1. The average Bonchev–Trinajstić information content (AvgIpc) is 3.31. The predicted octanol–water partition coefficient (Wildman–Crippen LogP) is 4.23. The maximum atomic E-state index is 13.7. The number of fused-ring (bicyclic) bond motifs is 2. The molecule has 0 N–H and O–H groups in total. The largest absolute Gasteiger partial charge is 0.379 e. The van der Waals surface area contributed by atoms with Gasteiger partial charge in [-0.05, 0) is 49.6 Å². The molecule has 1 aliphatic heterocycles. The number of aromatic nitrogens is 3. The summed E-state index contributed by atoms with van der Waals surface area (Å²) in [4.78, 5) is 31.6. The van der Waals surface area contributed by atoms with E-state index in [9.17, 15) is 4.79 Å². The number of hydrogen-bond acceptors (Lipinski definition) is 7. The second kappa shape index (κ2) is 9.51. The number of benzene rings is 2. The quantitative estimate of drug-likeness (QED) is 0.428. The number of hydrogen-bond donors (Lipinski definition) is 0. The van der Waals surface area contributed by atoms with Gasteiger partial charge in [-0.3, -0.25) is 24.6 Å². The van der Waals surface area contributed by atoms with Crippen molar-refractivity contribution >= 4 is 43.6 Å². The molecular weight excluding hydrogens is 434 g/mol. The normalized spacial score (nSPS) is 14.7. The smallest absolute Gasteiger partial charge is 0.260 e. The van der Waals surface area contributed by atoms with E-state index in [2.05, 4.69) is 40.8 Å². The summed E-state index contributed by atoms with van der Waals surface area (Å²) in [7, 11) is 0. The van der Waals surface area contributed by atoms with Crippen molar-refractivity contribution in [3.8, 4) is 0 Å². The van der Waals surface area contributed by atoms with E-state index in [4.69, 9.17) is 9.72 Å². The minimum absolute atomic E-state index is 0.0566. The molecule has 170 valence electrons. The van der Waals surface area contributed by atoms with Crippen molar-refractivity contribution in [2.24, 2.45) is 0 Å². The average molecular weight is 462 g/mol. The van der Waals surface area contributed by atoms with Gasteiger partial charge in [0, 0.05) is 44.1 Å². The van der Waals surface area contributed by atoms with E-state index in [1.807, 2.05) is 23.1 Å². The zero-order chi connectivity index (χ0) is 22.8. The van der Waals surface area contributed by atoms with E-state index in [1.165, 1.54) is 5.56 Å². The third kappa shape index (κ3) is 4.59. The van der Waals surface area contributed by atoms with Crippen LogP contribution in [0.5, 0.6) is 0 Å². The number of rotatable bonds is 6. The highest BCUT2D eigenvalue weighted by Crippen LogP contribution is 2.34. The molecule has 0 spiro atoms. The molecule has 0 saturated carbocycles. The van der Waals surface area contributed by atoms with Crippen molar-refractivity contribution in [1.82, 2.24) is 19.9 Å². The summed E-state index contributed by atoms with van der Waals surface area (Å²) in [5, 5.41) is 0.744. The van der Waals surface area contributed by atoms with Crippen LogP contribution in [0.1, 0.15) is 27.9 Å². The molecule has 4 aromatic rings. The number of ether oxygens (including phenoxy) is 1. The Morgan fingerprint density at radius 2 is 1.82 bits per heavy atom. The molecule has 0 radical (unpaired) electrons. The van der Waals surface area contributed by atoms with Gasteiger partial charge in [0.05, 0.1) is 34.5 Å². The molecular formula is C25H27N5O2S. The number of morpholine rings is 1. The third-order valence-electron chi connectivity index (χ3n) is 6.08. The van der Waals surface area contributed by atoms with E-state index in [0.29, 0.717) is 17.6 Å². The van der Waals surface area contributed by atoms with Gasteiger partial charge >= 0.3 is 0 Å². The molecule has 8 heteroatoms. The van der Waals surface area contributed by atoms with E-state index in [0.717, 1.165) is 65.7 Å². The van der Waals surface area contributed by atoms with Crippen molar-refractivity contribution in [1.29, 1.82) is 0 Å². The first-order valence-corrected chi connectivity index (χ1v) is 12.1. The summed E-state index contributed by atoms with van der Waals surface area (Å²) in [6.07, 6.45) is 4.18. The molecule has 3 heterocycles. The van der Waals surface area contributed by atoms with Crippen LogP contribution < -0.4 is 4.90 Å². The lowest BCUT2D eigenvalue weighted by molar-refractivity contribution is 0.0376. The lowest BCUT2D eigenvalue weighted by Gasteiger charge is -2.27. The zero-order valence-electron chi connectivity index (χ0n) is 19.0. The van der Waals surface area contributed by atoms with Crippen LogP contribution in [0.15, 0.2) is 42.7 Å². The molecule has 33 heavy (non-hydrogen) atoms. The minimum Gasteiger partial charge on any atom is -0.379 e. The van der Waals surface area contributed by atoms with E-state index in [-0.39, 0.29) is 5.91 Å². The van der Waals surface area contributed by atoms with Gasteiger partial charge in [0.1, 0.15) is 0 Å². The second-order valence-corrected chi connectivity index (χ2v) is 9.38. The Hall–Kier alpha value is -2.94. The van der Waals surface area contributed by atoms with Crippen LogP contribution in [0.3, 0.4) is 0 Å². The van der Waals surface area contributed by atoms with E-state index >= 15 is 0 Å². The molecule has 0 aliphatic carbocycles. The van der Waals surface area contributed by atoms with Gasteiger partial charge in [-0.1, -0.05) is 23.5 Å². The number of carbonyl (C=O) groups excluding carboxylic acids is 1. The van der Waals surface area contributed by atoms with Gasteiger partial charge in [0.2, 0.25) is 0 Å². The summed E-state index contributed by atoms with van der Waals surface area (Å²) in [5.41, 5.74) is 5.38. The first-order chi connectivity index (χ1) is 16.1. The third-order valence-corrected chi connectivity index (χ3v) is 7.30. The molecule has 2 aromatic heterocycles. The van der Waals surface area contributed by atoms with Crippen LogP contribution in [-0.2, 0) is 4.74 Å². The van der Waals surface area contributed by atoms with Crippen LogP contribution in [0.25, 0.3) is 21.3 Å². The van der Waals surface area contributed by atoms with Gasteiger partial charge in [0.25, 0.3) is 5.91 Å². The summed E-state index contributed by atoms with van der Waals surface area (Å²) < 4.78 is 6.60. The molecule has 1 aliphatic rings. The molecule has 5 rings (SSSR count). The Balaban J connectivity index is 1.46. The van der Waals surface area contributed by atoms with Crippen molar-refractivity contribution in [2.45, 2.75) is 20.3 Å². The molecule has 1 fully saturated rings. The Morgan fingerprint density at radius 1 is 1.06 bits per heavy atom. The van der Waals surface area contributed by atoms with Gasteiger partial charge < -0.3 is 4.74 Å². The molecule has 2 aromatic carbocycles. The number of anilines is 1. The molecule has 1 amide bonds. The van der Waals surface area contributed by atoms with Crippen molar-refractivity contribution in [2.75, 3.05) is 44.3 Å². The SMILES string of the molecule is Cc1ccc(C)c2sc(N(CCCN3CCOCC3)C(=O)c3ccc4nccnc4c3)nc12. The highest BCUT2D eigenvalue weighted by Gasteiger charge is 2.23. The number of aryl methyl sites for hydroxylation is 2. The number of nitrogens with zero attached hydrogens (tertiary/aromatic N) is 5. The fraction of sp³-hybridized carbons (Fsp3) is 0.360. The summed E-state index contributed by atoms with van der Waals surface area (Å²) in [5.74, 6) is -0.0566. The fourth-order valence-corrected chi connectivity index (χ4v) is 5.31. The molecule has 0 unspecified atom stereocenters. The highest BCUT2D eigenvalue weighted by molar-refractivity contribution is 7.22. The monoisotopic (exact) mass is 461 g/mol. The molecule has 0 bridgehead atoms. The van der Waals surface area contributed by atoms with Crippen LogP contribution in [-0.4, -0.2) is 65.2 Å². The topological polar surface area (TPSA) is 71.5 Å². The van der Waals surface area contributed by atoms with Crippen molar-refractivity contribution in [3.63, 3.8) is 0 Å². The standard InChI is InChI=1S/C25H27N5O2S/c1-17-4-5-18(2)23-22(17)28-25(33-23)30(11-3-10-29-12-14-32-15-13-29)24(31)19-6-7-20-21(16-19)27-9-8-26-20/h4-9,16H,3,10-15H2,1-2H3. The first-order valence-electron chi connectivity index (χ1n) is 11.3. The molecule has 1 saturated heterocycles. The number of thiazole rings is 1. The first kappa shape index (κ1) is 21.9. The van der Waals surface area contributed by atoms with E-state index in [1.54, 1.807) is 23.7 Å². The summed E-state index contributed by atoms with van der Waals surface area (Å²) in [6.45, 7) is 9.13. The maximum absolute atomic E-state index is 13.7. The van der Waals surface area contributed by atoms with Crippen molar-refractivity contribution in [3.05, 3.63) is 59.4 Å². The van der Waals surface area contributed by atoms with Gasteiger partial charge in [-0.25, -0.2) is 4.98 Å². The fourth-order valence-electron chi connectivity index (χ4n) is 4.18. The minimum atomic E-state index is -0.0566. The Labute approximate surface area is 197 Å². The maximum Gasteiger partial charge on any atom is 0.260 e. The van der Waals surface area contributed by atoms with Gasteiger partial charge in [-0.2, -0.15) is 0 Å². The zero-order valence-corrected chi connectivity index (χ0v) is 19.8. The Kier molecular flexibility index (Phi) is 6.30. The molecule has 7 nitrogen and oxygen atoms in total. The van der Waals surface area contributed by atoms with Crippen molar-refractivity contribution < 1.29 is 9.53 Å². The van der Waals surface area contributed by atoms with Crippen LogP contribution in [0, 0.1) is 13.8 Å². The second-order valence-electron chi connectivity index (χ2n) is 8.40. The van der Waals surface area contributed by atoms with E-state index < -0.39 is 0 Å². The van der Waals surface area contributed by atoms with Gasteiger partial charge in [0.15, 0.2) is 5.13 Å². The highest BCUT2D eigenvalue weighted by atomic mass is 32.1. The van der Waals surface area contributed by atoms with Gasteiger partial charge in [-0.15, -0.1) is 0 Å². The van der Waals surface area contributed by atoms with Crippen LogP contribution >= 0.6 is 11.3 Å².